The number of hydrogen-bond acceptors (Lipinski definition) is 5. The fourth-order valence-electron chi connectivity index (χ4n) is 4.68. The molecule has 0 unspecified atom stereocenters. The highest BCUT2D eigenvalue weighted by molar-refractivity contribution is 5.29. The van der Waals surface area contributed by atoms with Crippen molar-refractivity contribution in [2.45, 2.75) is 49.8 Å². The van der Waals surface area contributed by atoms with Crippen molar-refractivity contribution in [3.8, 4) is 0 Å². The van der Waals surface area contributed by atoms with Crippen LogP contribution in [0, 0.1) is 0 Å². The lowest BCUT2D eigenvalue weighted by Crippen LogP contribution is -2.66. The van der Waals surface area contributed by atoms with E-state index in [0.29, 0.717) is 13.2 Å². The average molecular weight is 433 g/mol. The van der Waals surface area contributed by atoms with Crippen LogP contribution in [0.1, 0.15) is 23.6 Å². The van der Waals surface area contributed by atoms with Gasteiger partial charge in [-0.1, -0.05) is 91.0 Å². The Morgan fingerprint density at radius 2 is 1.28 bits per heavy atom. The third-order valence-electron chi connectivity index (χ3n) is 6.39. The third-order valence-corrected chi connectivity index (χ3v) is 6.39. The first-order valence-corrected chi connectivity index (χ1v) is 11.0. The summed E-state index contributed by atoms with van der Waals surface area (Å²) in [6.07, 6.45) is -1.90. The predicted octanol–water partition coefficient (Wildman–Crippen LogP) is 4.19. The van der Waals surface area contributed by atoms with Gasteiger partial charge in [0.2, 0.25) is 0 Å². The number of benzene rings is 3. The summed E-state index contributed by atoms with van der Waals surface area (Å²) < 4.78 is 25.2. The maximum absolute atomic E-state index is 12.1. The van der Waals surface area contributed by atoms with Crippen LogP contribution in [0.2, 0.25) is 0 Å². The second kappa shape index (κ2) is 8.77. The Hall–Kier alpha value is -2.54. The van der Waals surface area contributed by atoms with Crippen molar-refractivity contribution in [2.24, 2.45) is 0 Å². The van der Waals surface area contributed by atoms with Crippen LogP contribution < -0.4 is 0 Å². The molecule has 166 valence electrons. The van der Waals surface area contributed by atoms with Crippen LogP contribution in [0.5, 0.6) is 0 Å². The molecule has 2 saturated heterocycles. The second-order valence-electron chi connectivity index (χ2n) is 8.56. The fourth-order valence-corrected chi connectivity index (χ4v) is 4.68. The van der Waals surface area contributed by atoms with Crippen LogP contribution in [0.25, 0.3) is 0 Å². The first kappa shape index (κ1) is 21.3. The monoisotopic (exact) mass is 432 g/mol. The Bertz CT molecular complexity index is 1010. The molecule has 0 saturated carbocycles. The predicted molar refractivity (Wildman–Crippen MR) is 120 cm³/mol. The van der Waals surface area contributed by atoms with Crippen LogP contribution in [0.3, 0.4) is 0 Å². The van der Waals surface area contributed by atoms with E-state index in [-0.39, 0.29) is 6.61 Å². The third kappa shape index (κ3) is 3.87. The van der Waals surface area contributed by atoms with Crippen molar-refractivity contribution in [3.05, 3.63) is 108 Å². The van der Waals surface area contributed by atoms with Gasteiger partial charge in [-0.3, -0.25) is 0 Å². The fraction of sp³-hybridized carbons (Fsp3) is 0.333. The highest BCUT2D eigenvalue weighted by atomic mass is 16.8. The maximum Gasteiger partial charge on any atom is 0.195 e. The van der Waals surface area contributed by atoms with E-state index in [1.165, 1.54) is 0 Å². The molecule has 2 bridgehead atoms. The van der Waals surface area contributed by atoms with E-state index in [4.69, 9.17) is 18.9 Å². The van der Waals surface area contributed by atoms with Crippen LogP contribution >= 0.6 is 0 Å². The molecule has 2 heterocycles. The van der Waals surface area contributed by atoms with Gasteiger partial charge in [-0.15, -0.1) is 0 Å². The summed E-state index contributed by atoms with van der Waals surface area (Å²) in [5, 5.41) is 12.1. The van der Waals surface area contributed by atoms with Gasteiger partial charge in [-0.2, -0.15) is 0 Å². The summed E-state index contributed by atoms with van der Waals surface area (Å²) in [6.45, 7) is 2.83. The molecule has 5 atom stereocenters. The number of rotatable bonds is 7. The van der Waals surface area contributed by atoms with Crippen molar-refractivity contribution in [1.82, 2.24) is 0 Å². The first-order chi connectivity index (χ1) is 15.6. The van der Waals surface area contributed by atoms with E-state index in [0.717, 1.165) is 16.7 Å². The van der Waals surface area contributed by atoms with Crippen LogP contribution in [-0.4, -0.2) is 35.8 Å². The molecular weight excluding hydrogens is 404 g/mol. The Kier molecular flexibility index (Phi) is 5.84. The standard InChI is InChI=1S/C27H28O5/c1-26-24(29-17-20-11-5-2-6-12-20)25(30-18-21-13-7-3-8-14-21)27(28,23(32-26)19-31-26)22-15-9-4-10-16-22/h2-16,23-25,28H,17-19H2,1H3/t23-,24-,25-,26-,27+/m1/s1. The normalized spacial score (nSPS) is 31.5. The van der Waals surface area contributed by atoms with Crippen LogP contribution in [-0.2, 0) is 37.8 Å². The number of ether oxygens (including phenoxy) is 4. The highest BCUT2D eigenvalue weighted by Crippen LogP contribution is 2.49. The second-order valence-corrected chi connectivity index (χ2v) is 8.56. The van der Waals surface area contributed by atoms with E-state index in [1.807, 2.05) is 97.9 Å². The molecule has 0 spiro atoms. The molecule has 0 radical (unpaired) electrons. The van der Waals surface area contributed by atoms with Gasteiger partial charge >= 0.3 is 0 Å². The number of aliphatic hydroxyl groups is 1. The molecule has 3 aromatic rings. The molecule has 0 amide bonds. The highest BCUT2D eigenvalue weighted by Gasteiger charge is 2.66. The SMILES string of the molecule is C[C@@]12OC[C@@H](O1)[C@@](O)(c1ccccc1)[C@H](OCc1ccccc1)[C@H]2OCc1ccccc1. The minimum absolute atomic E-state index is 0.262. The Balaban J connectivity index is 1.50. The lowest BCUT2D eigenvalue weighted by atomic mass is 9.77. The quantitative estimate of drug-likeness (QED) is 0.607. The largest absolute Gasteiger partial charge is 0.379 e. The zero-order chi connectivity index (χ0) is 22.0. The van der Waals surface area contributed by atoms with Crippen molar-refractivity contribution in [3.63, 3.8) is 0 Å². The lowest BCUT2D eigenvalue weighted by Gasteiger charge is -2.50. The van der Waals surface area contributed by atoms with Crippen molar-refractivity contribution < 1.29 is 24.1 Å². The van der Waals surface area contributed by atoms with Gasteiger partial charge in [-0.25, -0.2) is 0 Å². The van der Waals surface area contributed by atoms with Gasteiger partial charge < -0.3 is 24.1 Å². The minimum Gasteiger partial charge on any atom is -0.379 e. The molecule has 0 aromatic heterocycles. The smallest absolute Gasteiger partial charge is 0.195 e. The van der Waals surface area contributed by atoms with Gasteiger partial charge in [-0.05, 0) is 23.6 Å². The summed E-state index contributed by atoms with van der Waals surface area (Å²) in [6, 6.07) is 29.4. The topological polar surface area (TPSA) is 57.2 Å². The maximum atomic E-state index is 12.1. The summed E-state index contributed by atoms with van der Waals surface area (Å²) in [4.78, 5) is 0. The molecular formula is C27H28O5. The molecule has 2 aliphatic heterocycles. The van der Waals surface area contributed by atoms with Gasteiger partial charge in [0.1, 0.15) is 23.9 Å². The van der Waals surface area contributed by atoms with E-state index >= 15 is 0 Å². The number of fused-ring (bicyclic) bond motifs is 2. The van der Waals surface area contributed by atoms with E-state index < -0.39 is 29.7 Å². The molecule has 5 nitrogen and oxygen atoms in total. The van der Waals surface area contributed by atoms with Crippen molar-refractivity contribution in [1.29, 1.82) is 0 Å². The Morgan fingerprint density at radius 3 is 1.84 bits per heavy atom. The van der Waals surface area contributed by atoms with E-state index in [2.05, 4.69) is 0 Å². The molecule has 5 heteroatoms. The lowest BCUT2D eigenvalue weighted by molar-refractivity contribution is -0.337. The van der Waals surface area contributed by atoms with Crippen LogP contribution in [0.4, 0.5) is 0 Å². The summed E-state index contributed by atoms with van der Waals surface area (Å²) in [5.41, 5.74) is 1.35. The Morgan fingerprint density at radius 1 is 0.781 bits per heavy atom. The van der Waals surface area contributed by atoms with Crippen molar-refractivity contribution >= 4 is 0 Å². The molecule has 0 aliphatic carbocycles. The van der Waals surface area contributed by atoms with Gasteiger partial charge in [0.25, 0.3) is 0 Å². The zero-order valence-electron chi connectivity index (χ0n) is 18.1. The Labute approximate surface area is 188 Å². The van der Waals surface area contributed by atoms with E-state index in [1.54, 1.807) is 0 Å². The average Bonchev–Trinajstić information content (AvgIpc) is 3.22. The first-order valence-electron chi connectivity index (χ1n) is 11.0. The van der Waals surface area contributed by atoms with Crippen molar-refractivity contribution in [2.75, 3.05) is 6.61 Å². The van der Waals surface area contributed by atoms with Crippen LogP contribution in [0.15, 0.2) is 91.0 Å². The summed E-state index contributed by atoms with van der Waals surface area (Å²) >= 11 is 0. The molecule has 5 rings (SSSR count). The van der Waals surface area contributed by atoms with Gasteiger partial charge in [0.15, 0.2) is 5.79 Å². The van der Waals surface area contributed by atoms with Gasteiger partial charge in [0, 0.05) is 0 Å². The molecule has 1 N–H and O–H groups in total. The van der Waals surface area contributed by atoms with Gasteiger partial charge in [0.05, 0.1) is 19.8 Å². The van der Waals surface area contributed by atoms with E-state index in [9.17, 15) is 5.11 Å². The molecule has 32 heavy (non-hydrogen) atoms. The molecule has 3 aromatic carbocycles. The summed E-state index contributed by atoms with van der Waals surface area (Å²) in [7, 11) is 0. The molecule has 2 aliphatic rings. The molecule has 2 fully saturated rings. The number of hydrogen-bond donors (Lipinski definition) is 1. The summed E-state index contributed by atoms with van der Waals surface area (Å²) in [5.74, 6) is -1.01. The minimum atomic E-state index is -1.42. The zero-order valence-corrected chi connectivity index (χ0v) is 18.1.